The lowest BCUT2D eigenvalue weighted by atomic mass is 10.1. The third-order valence-corrected chi connectivity index (χ3v) is 6.46. The zero-order chi connectivity index (χ0) is 25.1. The predicted octanol–water partition coefficient (Wildman–Crippen LogP) is 5.12. The maximum absolute atomic E-state index is 12.4. The highest BCUT2D eigenvalue weighted by Gasteiger charge is 2.29. The molecule has 0 amide bonds. The second-order valence-corrected chi connectivity index (χ2v) is 8.89. The van der Waals surface area contributed by atoms with Gasteiger partial charge in [0.15, 0.2) is 11.7 Å². The smallest absolute Gasteiger partial charge is 0.329 e. The van der Waals surface area contributed by atoms with E-state index in [1.54, 1.807) is 6.07 Å². The van der Waals surface area contributed by atoms with Gasteiger partial charge in [0, 0.05) is 5.56 Å². The average Bonchev–Trinajstić information content (AvgIpc) is 3.33. The molecular formula is C27H20N6O2S. The highest BCUT2D eigenvalue weighted by molar-refractivity contribution is 7.99. The summed E-state index contributed by atoms with van der Waals surface area (Å²) in [6.45, 7) is 2.02. The molecule has 0 spiro atoms. The van der Waals surface area contributed by atoms with E-state index >= 15 is 0 Å². The molecule has 1 atom stereocenters. The van der Waals surface area contributed by atoms with E-state index in [9.17, 15) is 10.1 Å². The summed E-state index contributed by atoms with van der Waals surface area (Å²) in [5, 5.41) is 19.7. The molecule has 0 saturated heterocycles. The van der Waals surface area contributed by atoms with Crippen molar-refractivity contribution in [2.45, 2.75) is 23.0 Å². The Kier molecular flexibility index (Phi) is 6.43. The van der Waals surface area contributed by atoms with Crippen molar-refractivity contribution >= 4 is 28.8 Å². The van der Waals surface area contributed by atoms with Gasteiger partial charge in [-0.05, 0) is 48.5 Å². The molecule has 0 saturated carbocycles. The molecule has 5 aromatic rings. The molecule has 0 bridgehead atoms. The maximum atomic E-state index is 12.4. The molecule has 0 aliphatic rings. The van der Waals surface area contributed by atoms with E-state index in [0.717, 1.165) is 16.8 Å². The fraction of sp³-hybridized carbons (Fsp3) is 0.111. The van der Waals surface area contributed by atoms with Crippen molar-refractivity contribution in [3.8, 4) is 23.1 Å². The largest absolute Gasteiger partial charge is 0.468 e. The van der Waals surface area contributed by atoms with Gasteiger partial charge < -0.3 is 4.74 Å². The molecule has 0 radical (unpaired) electrons. The Balaban J connectivity index is 1.70. The van der Waals surface area contributed by atoms with Crippen LogP contribution in [0.25, 0.3) is 28.1 Å². The number of ether oxygens (including phenoxy) is 1. The quantitative estimate of drug-likeness (QED) is 0.301. The SMILES string of the molecule is COC(=O)C(C#N)c1nc2ccccc2nc1Sc1nnc(-c2ccccc2)n1-c1cccc(C)c1. The molecular weight excluding hydrogens is 472 g/mol. The Morgan fingerprint density at radius 2 is 1.69 bits per heavy atom. The Morgan fingerprint density at radius 3 is 2.39 bits per heavy atom. The predicted molar refractivity (Wildman–Crippen MR) is 136 cm³/mol. The first-order chi connectivity index (χ1) is 17.6. The number of methoxy groups -OCH3 is 1. The van der Waals surface area contributed by atoms with Crippen LogP contribution in [0.15, 0.2) is 89.0 Å². The summed E-state index contributed by atoms with van der Waals surface area (Å²) in [6.07, 6.45) is 0. The summed E-state index contributed by atoms with van der Waals surface area (Å²) in [5.41, 5.74) is 4.28. The molecule has 0 fully saturated rings. The zero-order valence-electron chi connectivity index (χ0n) is 19.5. The number of benzene rings is 3. The number of esters is 1. The number of rotatable bonds is 6. The number of carbonyl (C=O) groups excluding carboxylic acids is 1. The summed E-state index contributed by atoms with van der Waals surface area (Å²) in [6, 6.07) is 27.1. The van der Waals surface area contributed by atoms with Crippen molar-refractivity contribution in [1.82, 2.24) is 24.7 Å². The summed E-state index contributed by atoms with van der Waals surface area (Å²) in [4.78, 5) is 21.8. The molecule has 176 valence electrons. The van der Waals surface area contributed by atoms with Crippen LogP contribution in [0.5, 0.6) is 0 Å². The van der Waals surface area contributed by atoms with Gasteiger partial charge in [-0.2, -0.15) is 5.26 Å². The van der Waals surface area contributed by atoms with E-state index in [-0.39, 0.29) is 5.69 Å². The number of aryl methyl sites for hydroxylation is 1. The van der Waals surface area contributed by atoms with E-state index in [4.69, 9.17) is 9.72 Å². The van der Waals surface area contributed by atoms with E-state index in [2.05, 4.69) is 15.2 Å². The molecule has 0 aliphatic heterocycles. The van der Waals surface area contributed by atoms with Crippen molar-refractivity contribution in [1.29, 1.82) is 5.26 Å². The van der Waals surface area contributed by atoms with Gasteiger partial charge in [-0.25, -0.2) is 9.97 Å². The van der Waals surface area contributed by atoms with Gasteiger partial charge in [0.25, 0.3) is 0 Å². The lowest BCUT2D eigenvalue weighted by molar-refractivity contribution is -0.141. The highest BCUT2D eigenvalue weighted by atomic mass is 32.2. The molecule has 2 heterocycles. The van der Waals surface area contributed by atoms with Crippen molar-refractivity contribution < 1.29 is 9.53 Å². The Morgan fingerprint density at radius 1 is 0.972 bits per heavy atom. The van der Waals surface area contributed by atoms with Crippen LogP contribution in [0, 0.1) is 18.3 Å². The van der Waals surface area contributed by atoms with Crippen molar-refractivity contribution in [3.63, 3.8) is 0 Å². The van der Waals surface area contributed by atoms with Crippen molar-refractivity contribution in [3.05, 3.63) is 90.1 Å². The fourth-order valence-corrected chi connectivity index (χ4v) is 4.75. The second-order valence-electron chi connectivity index (χ2n) is 7.94. The van der Waals surface area contributed by atoms with Crippen LogP contribution in [0.2, 0.25) is 0 Å². The number of carbonyl (C=O) groups is 1. The first-order valence-electron chi connectivity index (χ1n) is 11.1. The Hall–Kier alpha value is -4.55. The van der Waals surface area contributed by atoms with Gasteiger partial charge in [-0.3, -0.25) is 9.36 Å². The minimum absolute atomic E-state index is 0.216. The average molecular weight is 493 g/mol. The minimum Gasteiger partial charge on any atom is -0.468 e. The molecule has 0 N–H and O–H groups in total. The van der Waals surface area contributed by atoms with Crippen molar-refractivity contribution in [2.24, 2.45) is 0 Å². The summed E-state index contributed by atoms with van der Waals surface area (Å²) < 4.78 is 6.81. The molecule has 8 nitrogen and oxygen atoms in total. The van der Waals surface area contributed by atoms with Gasteiger partial charge in [-0.15, -0.1) is 10.2 Å². The zero-order valence-corrected chi connectivity index (χ0v) is 20.3. The maximum Gasteiger partial charge on any atom is 0.329 e. The number of fused-ring (bicyclic) bond motifs is 1. The number of para-hydroxylation sites is 2. The van der Waals surface area contributed by atoms with Crippen LogP contribution in [-0.4, -0.2) is 37.8 Å². The normalized spacial score (nSPS) is 11.7. The van der Waals surface area contributed by atoms with Gasteiger partial charge in [0.1, 0.15) is 10.7 Å². The standard InChI is InChI=1S/C27H20N6O2S/c1-17-9-8-12-19(15-17)33-24(18-10-4-3-5-11-18)31-32-27(33)36-25-23(20(16-28)26(34)35-2)29-21-13-6-7-14-22(21)30-25/h3-15,20H,1-2H3. The lowest BCUT2D eigenvalue weighted by Crippen LogP contribution is -2.16. The number of aromatic nitrogens is 5. The first-order valence-corrected chi connectivity index (χ1v) is 11.9. The van der Waals surface area contributed by atoms with E-state index in [1.807, 2.05) is 90.4 Å². The van der Waals surface area contributed by atoms with Crippen LogP contribution in [-0.2, 0) is 9.53 Å². The lowest BCUT2D eigenvalue weighted by Gasteiger charge is -2.14. The van der Waals surface area contributed by atoms with Gasteiger partial charge in [0.2, 0.25) is 5.16 Å². The van der Waals surface area contributed by atoms with Gasteiger partial charge in [-0.1, -0.05) is 54.6 Å². The molecule has 1 unspecified atom stereocenters. The monoisotopic (exact) mass is 492 g/mol. The van der Waals surface area contributed by atoms with Gasteiger partial charge in [0.05, 0.1) is 29.9 Å². The van der Waals surface area contributed by atoms with Crippen LogP contribution in [0.3, 0.4) is 0 Å². The summed E-state index contributed by atoms with van der Waals surface area (Å²) in [5.74, 6) is -1.28. The minimum atomic E-state index is -1.24. The fourth-order valence-electron chi connectivity index (χ4n) is 3.80. The third-order valence-electron chi connectivity index (χ3n) is 5.52. The molecule has 2 aromatic heterocycles. The Labute approximate surface area is 211 Å². The highest BCUT2D eigenvalue weighted by Crippen LogP contribution is 2.36. The molecule has 3 aromatic carbocycles. The molecule has 5 rings (SSSR count). The van der Waals surface area contributed by atoms with E-state index in [0.29, 0.717) is 27.0 Å². The van der Waals surface area contributed by atoms with Crippen molar-refractivity contribution in [2.75, 3.05) is 7.11 Å². The van der Waals surface area contributed by atoms with Crippen LogP contribution in [0.4, 0.5) is 0 Å². The molecule has 0 aliphatic carbocycles. The number of hydrogen-bond acceptors (Lipinski definition) is 8. The van der Waals surface area contributed by atoms with Gasteiger partial charge >= 0.3 is 5.97 Å². The third kappa shape index (κ3) is 4.42. The van der Waals surface area contributed by atoms with Crippen LogP contribution < -0.4 is 0 Å². The topological polar surface area (TPSA) is 107 Å². The summed E-state index contributed by atoms with van der Waals surface area (Å²) >= 11 is 1.20. The van der Waals surface area contributed by atoms with E-state index < -0.39 is 11.9 Å². The number of hydrogen-bond donors (Lipinski definition) is 0. The molecule has 9 heteroatoms. The van der Waals surface area contributed by atoms with Crippen LogP contribution in [0.1, 0.15) is 17.2 Å². The number of nitrogens with zero attached hydrogens (tertiary/aromatic N) is 6. The number of nitriles is 1. The summed E-state index contributed by atoms with van der Waals surface area (Å²) in [7, 11) is 1.24. The Bertz CT molecular complexity index is 1610. The molecule has 36 heavy (non-hydrogen) atoms. The van der Waals surface area contributed by atoms with E-state index in [1.165, 1.54) is 18.9 Å². The second kappa shape index (κ2) is 9.98. The first kappa shape index (κ1) is 23.2. The van der Waals surface area contributed by atoms with Crippen LogP contribution >= 0.6 is 11.8 Å².